The van der Waals surface area contributed by atoms with Gasteiger partial charge in [0.15, 0.2) is 0 Å². The number of rotatable bonds is 14. The zero-order valence-corrected chi connectivity index (χ0v) is 33.1. The molecule has 50 heavy (non-hydrogen) atoms. The quantitative estimate of drug-likeness (QED) is 0.0338. The molecule has 0 bridgehead atoms. The van der Waals surface area contributed by atoms with Crippen LogP contribution in [-0.4, -0.2) is 106 Å². The van der Waals surface area contributed by atoms with Gasteiger partial charge in [-0.05, 0) is 35.4 Å². The summed E-state index contributed by atoms with van der Waals surface area (Å²) in [6.45, 7) is 0.0563. The number of likely N-dealkylation sites (N-methyl/N-ethyl adjacent to an activating group) is 2. The Labute approximate surface area is 334 Å². The van der Waals surface area contributed by atoms with Crippen molar-refractivity contribution in [3.8, 4) is 0 Å². The van der Waals surface area contributed by atoms with E-state index >= 15 is 0 Å². The molecule has 0 spiro atoms. The molecule has 0 aliphatic rings. The van der Waals surface area contributed by atoms with Gasteiger partial charge in [0.2, 0.25) is 35.7 Å². The van der Waals surface area contributed by atoms with Crippen LogP contribution in [-0.2, 0) is 20.2 Å². The van der Waals surface area contributed by atoms with Crippen LogP contribution in [0.1, 0.15) is 14.0 Å². The normalized spacial score (nSPS) is 11.4. The van der Waals surface area contributed by atoms with Crippen LogP contribution >= 0.6 is 0 Å². The van der Waals surface area contributed by atoms with Crippen molar-refractivity contribution in [1.29, 1.82) is 0 Å². The molecule has 0 atom stereocenters. The first-order valence-electron chi connectivity index (χ1n) is 13.7. The van der Waals surface area contributed by atoms with Gasteiger partial charge < -0.3 is 45.0 Å². The number of hydrogen-bond acceptors (Lipinski definition) is 18. The van der Waals surface area contributed by atoms with Crippen LogP contribution in [0.25, 0.3) is 12.2 Å². The van der Waals surface area contributed by atoms with Crippen molar-refractivity contribution in [1.82, 2.24) is 29.9 Å². The van der Waals surface area contributed by atoms with Crippen LogP contribution in [0.5, 0.6) is 0 Å². The number of nitrogens with one attached hydrogen (secondary N) is 2. The van der Waals surface area contributed by atoms with E-state index in [4.69, 9.17) is 11.5 Å². The van der Waals surface area contributed by atoms with Crippen molar-refractivity contribution < 1.29 is 98.1 Å². The fourth-order valence-corrected chi connectivity index (χ4v) is 5.52. The molecule has 0 amide bonds. The number of aliphatic hydroxyl groups excluding tert-OH is 2. The van der Waals surface area contributed by atoms with E-state index in [0.717, 1.165) is 12.1 Å². The maximum Gasteiger partial charge on any atom is 1.00 e. The van der Waals surface area contributed by atoms with Crippen LogP contribution in [0.3, 0.4) is 0 Å². The summed E-state index contributed by atoms with van der Waals surface area (Å²) in [4.78, 5) is 26.2. The Bertz CT molecular complexity index is 1930. The summed E-state index contributed by atoms with van der Waals surface area (Å²) in [6, 6.07) is 7.71. The average Bonchev–Trinajstić information content (AvgIpc) is 2.99. The van der Waals surface area contributed by atoms with Crippen molar-refractivity contribution >= 4 is 79.5 Å². The smallest absolute Gasteiger partial charge is 1.00 e. The van der Waals surface area contributed by atoms with Crippen LogP contribution in [0.15, 0.2) is 46.2 Å². The average molecular weight is 753 g/mol. The van der Waals surface area contributed by atoms with Gasteiger partial charge in [-0.1, -0.05) is 24.3 Å². The van der Waals surface area contributed by atoms with Crippen molar-refractivity contribution in [2.24, 2.45) is 0 Å². The molecular formula is C26H34N12Na2O8S2. The molecular weight excluding hydrogens is 718 g/mol. The molecule has 0 saturated carbocycles. The summed E-state index contributed by atoms with van der Waals surface area (Å²) >= 11 is 0. The Morgan fingerprint density at radius 1 is 0.680 bits per heavy atom. The Morgan fingerprint density at radius 3 is 1.36 bits per heavy atom. The summed E-state index contributed by atoms with van der Waals surface area (Å²) in [7, 11) is -6.40. The molecule has 20 nitrogen and oxygen atoms in total. The number of hydrogen-bond donors (Lipinski definition) is 8. The molecule has 0 unspecified atom stereocenters. The van der Waals surface area contributed by atoms with E-state index in [9.17, 15) is 36.2 Å². The van der Waals surface area contributed by atoms with Crippen molar-refractivity contribution in [3.63, 3.8) is 0 Å². The number of aromatic nitrogens is 6. The van der Waals surface area contributed by atoms with Gasteiger partial charge in [-0.2, -0.15) is 46.7 Å². The van der Waals surface area contributed by atoms with Gasteiger partial charge >= 0.3 is 59.1 Å². The maximum atomic E-state index is 12.3. The molecule has 0 aliphatic heterocycles. The van der Waals surface area contributed by atoms with Gasteiger partial charge in [0.1, 0.15) is 9.79 Å². The first-order valence-corrected chi connectivity index (χ1v) is 16.6. The fraction of sp³-hybridized carbons (Fsp3) is 0.231. The van der Waals surface area contributed by atoms with E-state index in [-0.39, 0.29) is 146 Å². The Kier molecular flexibility index (Phi) is 15.7. The molecule has 2 aromatic carbocycles. The number of anilines is 8. The number of nitrogen functional groups attached to an aromatic ring is 2. The summed E-state index contributed by atoms with van der Waals surface area (Å²) in [6.07, 6.45) is 2.45. The Hall–Kier alpha value is -3.26. The molecule has 0 fully saturated rings. The predicted octanol–water partition coefficient (Wildman–Crippen LogP) is -5.54. The number of nitrogens with zero attached hydrogens (tertiary/aromatic N) is 8. The van der Waals surface area contributed by atoms with Crippen molar-refractivity contribution in [2.45, 2.75) is 9.79 Å². The summed E-state index contributed by atoms with van der Waals surface area (Å²) < 4.78 is 69.3. The number of benzene rings is 2. The molecule has 2 aromatic heterocycles. The molecule has 260 valence electrons. The monoisotopic (exact) mass is 752 g/mol. The standard InChI is InChI=1S/C26H32N12O8S2.2Na.2H/c1-37(9-11-39)25-33-21(27)31-23(35-25)29-17-7-5-15(19(13-17)47(41,42)43)3-4-16-6-8-18(14-20(16)48(44,45)46)30-24-32-22(28)34-26(36-24)38(2)10-12-40;;;;/h3-8,13-14,39-40H,9-12H2,1-2H3,(H,41,42,43)(H,44,45,46)(H3,27,29,31,33,35)(H3,28,30,32,34,36);;;;/q;2*+1;2*-1. The maximum absolute atomic E-state index is 12.3. The van der Waals surface area contributed by atoms with Gasteiger partial charge in [-0.25, -0.2) is 0 Å². The van der Waals surface area contributed by atoms with E-state index in [1.165, 1.54) is 46.2 Å². The minimum Gasteiger partial charge on any atom is -1.00 e. The van der Waals surface area contributed by atoms with Crippen LogP contribution in [0, 0.1) is 0 Å². The van der Waals surface area contributed by atoms with Crippen LogP contribution in [0.4, 0.5) is 47.1 Å². The van der Waals surface area contributed by atoms with E-state index in [0.29, 0.717) is 0 Å². The molecule has 2 heterocycles. The topological polar surface area (TPSA) is 309 Å². The fourth-order valence-electron chi connectivity index (χ4n) is 4.10. The molecule has 10 N–H and O–H groups in total. The minimum absolute atomic E-state index is 0. The SMILES string of the molecule is CN(CCO)c1nc(N)nc(Nc2ccc(C=Cc3ccc(Nc4nc(N)nc(N(C)CCO)n4)cc3S(=O)(=O)O)c(S(=O)(=O)O)c2)n1.[H-].[H-].[Na+].[Na+]. The van der Waals surface area contributed by atoms with E-state index < -0.39 is 30.0 Å². The predicted molar refractivity (Wildman–Crippen MR) is 179 cm³/mol. The second-order valence-electron chi connectivity index (χ2n) is 9.96. The molecule has 0 saturated heterocycles. The summed E-state index contributed by atoms with van der Waals surface area (Å²) in [5, 5.41) is 23.9. The molecule has 4 rings (SSSR count). The van der Waals surface area contributed by atoms with Gasteiger partial charge in [-0.15, -0.1) is 0 Å². The molecule has 0 aliphatic carbocycles. The van der Waals surface area contributed by atoms with E-state index in [2.05, 4.69) is 40.5 Å². The van der Waals surface area contributed by atoms with Crippen molar-refractivity contribution in [2.75, 3.05) is 72.3 Å². The zero-order valence-electron chi connectivity index (χ0n) is 29.4. The van der Waals surface area contributed by atoms with Gasteiger partial charge in [0, 0.05) is 38.6 Å². The summed E-state index contributed by atoms with van der Waals surface area (Å²) in [5.74, 6) is -0.121. The second-order valence-corrected chi connectivity index (χ2v) is 12.7. The number of nitrogens with two attached hydrogens (primary N) is 2. The summed E-state index contributed by atoms with van der Waals surface area (Å²) in [5.41, 5.74) is 11.7. The zero-order chi connectivity index (χ0) is 35.2. The third-order valence-electron chi connectivity index (χ3n) is 6.37. The third-order valence-corrected chi connectivity index (χ3v) is 8.19. The Balaban J connectivity index is 0.00000650. The van der Waals surface area contributed by atoms with E-state index in [1.54, 1.807) is 14.1 Å². The third kappa shape index (κ3) is 11.6. The van der Waals surface area contributed by atoms with Crippen LogP contribution < -0.4 is 91.0 Å². The van der Waals surface area contributed by atoms with E-state index in [1.807, 2.05) is 0 Å². The van der Waals surface area contributed by atoms with Gasteiger partial charge in [0.25, 0.3) is 20.2 Å². The molecule has 4 aromatic rings. The van der Waals surface area contributed by atoms with Crippen molar-refractivity contribution in [3.05, 3.63) is 47.5 Å². The largest absolute Gasteiger partial charge is 1.00 e. The van der Waals surface area contributed by atoms with Gasteiger partial charge in [0.05, 0.1) is 13.2 Å². The number of aliphatic hydroxyl groups is 2. The van der Waals surface area contributed by atoms with Gasteiger partial charge in [-0.3, -0.25) is 9.11 Å². The minimum atomic E-state index is -4.82. The molecule has 24 heteroatoms. The van der Waals surface area contributed by atoms with Crippen LogP contribution in [0.2, 0.25) is 0 Å². The molecule has 0 radical (unpaired) electrons. The first-order chi connectivity index (χ1) is 22.6. The second kappa shape index (κ2) is 18.3. The Morgan fingerprint density at radius 2 is 1.04 bits per heavy atom. The first kappa shape index (κ1) is 42.9.